The van der Waals surface area contributed by atoms with Crippen LogP contribution in [-0.2, 0) is 10.0 Å². The molecule has 1 heterocycles. The molecule has 0 saturated carbocycles. The van der Waals surface area contributed by atoms with Crippen LogP contribution in [0.5, 0.6) is 0 Å². The third-order valence-corrected chi connectivity index (χ3v) is 5.44. The van der Waals surface area contributed by atoms with Crippen LogP contribution in [0.15, 0.2) is 94.4 Å². The SMILES string of the molecule is N#Cc1cccc(NS(=O)(=O)c2nc(-c3ccccc3)oc2-c2ccccc2)c1. The van der Waals surface area contributed by atoms with E-state index in [0.717, 1.165) is 0 Å². The summed E-state index contributed by atoms with van der Waals surface area (Å²) in [6, 6.07) is 26.2. The summed E-state index contributed by atoms with van der Waals surface area (Å²) in [5, 5.41) is 8.83. The molecule has 3 aromatic carbocycles. The van der Waals surface area contributed by atoms with Crippen LogP contribution in [0.25, 0.3) is 22.8 Å². The number of aromatic nitrogens is 1. The number of nitrogens with one attached hydrogen (secondary N) is 1. The third-order valence-electron chi connectivity index (χ3n) is 4.15. The fraction of sp³-hybridized carbons (Fsp3) is 0. The number of oxazole rings is 1. The van der Waals surface area contributed by atoms with E-state index in [0.29, 0.717) is 16.7 Å². The van der Waals surface area contributed by atoms with E-state index in [1.54, 1.807) is 54.6 Å². The Kier molecular flexibility index (Phi) is 4.85. The molecule has 0 radical (unpaired) electrons. The van der Waals surface area contributed by atoms with Crippen molar-refractivity contribution in [1.29, 1.82) is 5.26 Å². The van der Waals surface area contributed by atoms with Crippen molar-refractivity contribution in [2.24, 2.45) is 0 Å². The summed E-state index contributed by atoms with van der Waals surface area (Å²) < 4.78 is 34.6. The van der Waals surface area contributed by atoms with Crippen molar-refractivity contribution in [1.82, 2.24) is 4.98 Å². The van der Waals surface area contributed by atoms with Crippen LogP contribution in [0, 0.1) is 11.3 Å². The van der Waals surface area contributed by atoms with E-state index in [4.69, 9.17) is 9.68 Å². The zero-order valence-corrected chi connectivity index (χ0v) is 15.9. The van der Waals surface area contributed by atoms with Gasteiger partial charge in [-0.3, -0.25) is 4.72 Å². The molecule has 0 unspecified atom stereocenters. The van der Waals surface area contributed by atoms with Gasteiger partial charge in [-0.15, -0.1) is 0 Å². The molecule has 4 rings (SSSR count). The topological polar surface area (TPSA) is 96.0 Å². The van der Waals surface area contributed by atoms with Crippen molar-refractivity contribution in [3.8, 4) is 28.8 Å². The van der Waals surface area contributed by atoms with E-state index in [1.165, 1.54) is 6.07 Å². The molecule has 7 heteroatoms. The molecule has 0 atom stereocenters. The molecule has 0 saturated heterocycles. The minimum Gasteiger partial charge on any atom is -0.435 e. The van der Waals surface area contributed by atoms with Crippen molar-refractivity contribution in [3.05, 3.63) is 90.5 Å². The Morgan fingerprint density at radius 1 is 0.862 bits per heavy atom. The molecule has 0 amide bonds. The highest BCUT2D eigenvalue weighted by molar-refractivity contribution is 7.92. The number of nitrogens with zero attached hydrogens (tertiary/aromatic N) is 2. The smallest absolute Gasteiger partial charge is 0.283 e. The maximum absolute atomic E-state index is 13.1. The molecular weight excluding hydrogens is 386 g/mol. The van der Waals surface area contributed by atoms with Gasteiger partial charge in [-0.25, -0.2) is 0 Å². The first-order valence-corrected chi connectivity index (χ1v) is 10.2. The molecule has 0 fully saturated rings. The minimum absolute atomic E-state index is 0.147. The molecular formula is C22H15N3O3S. The van der Waals surface area contributed by atoms with Crippen molar-refractivity contribution in [2.45, 2.75) is 5.03 Å². The van der Waals surface area contributed by atoms with Gasteiger partial charge in [0.05, 0.1) is 17.3 Å². The van der Waals surface area contributed by atoms with Crippen LogP contribution >= 0.6 is 0 Å². The van der Waals surface area contributed by atoms with E-state index in [9.17, 15) is 8.42 Å². The van der Waals surface area contributed by atoms with Crippen molar-refractivity contribution in [3.63, 3.8) is 0 Å². The van der Waals surface area contributed by atoms with Gasteiger partial charge in [0.1, 0.15) is 0 Å². The Balaban J connectivity index is 1.82. The lowest BCUT2D eigenvalue weighted by molar-refractivity contribution is 0.581. The summed E-state index contributed by atoms with van der Waals surface area (Å²) in [4.78, 5) is 4.29. The average molecular weight is 401 g/mol. The number of anilines is 1. The van der Waals surface area contributed by atoms with Gasteiger partial charge in [0, 0.05) is 11.1 Å². The summed E-state index contributed by atoms with van der Waals surface area (Å²) in [6.07, 6.45) is 0. The molecule has 6 nitrogen and oxygen atoms in total. The van der Waals surface area contributed by atoms with Crippen LogP contribution < -0.4 is 4.72 Å². The van der Waals surface area contributed by atoms with Crippen molar-refractivity contribution < 1.29 is 12.8 Å². The maximum atomic E-state index is 13.1. The Morgan fingerprint density at radius 3 is 2.17 bits per heavy atom. The molecule has 1 N–H and O–H groups in total. The van der Waals surface area contributed by atoms with Crippen LogP contribution in [0.1, 0.15) is 5.56 Å². The van der Waals surface area contributed by atoms with E-state index in [2.05, 4.69) is 9.71 Å². The van der Waals surface area contributed by atoms with Crippen molar-refractivity contribution >= 4 is 15.7 Å². The highest BCUT2D eigenvalue weighted by Crippen LogP contribution is 2.33. The minimum atomic E-state index is -4.07. The molecule has 0 aliphatic carbocycles. The normalized spacial score (nSPS) is 11.0. The first kappa shape index (κ1) is 18.5. The monoisotopic (exact) mass is 401 g/mol. The molecule has 0 aliphatic heterocycles. The van der Waals surface area contributed by atoms with Gasteiger partial charge >= 0.3 is 0 Å². The van der Waals surface area contributed by atoms with Crippen LogP contribution in [0.2, 0.25) is 0 Å². The predicted octanol–water partition coefficient (Wildman–Crippen LogP) is 4.68. The van der Waals surface area contributed by atoms with Gasteiger partial charge in [0.25, 0.3) is 10.0 Å². The van der Waals surface area contributed by atoms with Gasteiger partial charge in [-0.05, 0) is 30.3 Å². The Bertz CT molecular complexity index is 1290. The summed E-state index contributed by atoms with van der Waals surface area (Å²) in [7, 11) is -4.07. The molecule has 29 heavy (non-hydrogen) atoms. The first-order valence-electron chi connectivity index (χ1n) is 8.71. The van der Waals surface area contributed by atoms with E-state index in [-0.39, 0.29) is 22.4 Å². The molecule has 1 aromatic heterocycles. The number of nitriles is 1. The van der Waals surface area contributed by atoms with E-state index < -0.39 is 10.0 Å². The fourth-order valence-corrected chi connectivity index (χ4v) is 3.96. The molecule has 0 bridgehead atoms. The highest BCUT2D eigenvalue weighted by Gasteiger charge is 2.27. The van der Waals surface area contributed by atoms with E-state index in [1.807, 2.05) is 30.3 Å². The van der Waals surface area contributed by atoms with E-state index >= 15 is 0 Å². The summed E-state index contributed by atoms with van der Waals surface area (Å²) >= 11 is 0. The Hall–Kier alpha value is -3.89. The predicted molar refractivity (Wildman–Crippen MR) is 109 cm³/mol. The molecule has 142 valence electrons. The van der Waals surface area contributed by atoms with Crippen LogP contribution in [-0.4, -0.2) is 13.4 Å². The number of hydrogen-bond acceptors (Lipinski definition) is 5. The number of hydrogen-bond donors (Lipinski definition) is 1. The van der Waals surface area contributed by atoms with Gasteiger partial charge in [0.15, 0.2) is 5.76 Å². The Morgan fingerprint density at radius 2 is 1.52 bits per heavy atom. The second kappa shape index (κ2) is 7.62. The molecule has 0 aliphatic rings. The van der Waals surface area contributed by atoms with Gasteiger partial charge in [0.2, 0.25) is 10.9 Å². The Labute approximate surface area is 168 Å². The highest BCUT2D eigenvalue weighted by atomic mass is 32.2. The maximum Gasteiger partial charge on any atom is 0.283 e. The molecule has 4 aromatic rings. The van der Waals surface area contributed by atoms with Gasteiger partial charge in [-0.2, -0.15) is 18.7 Å². The lowest BCUT2D eigenvalue weighted by Gasteiger charge is -2.07. The third kappa shape index (κ3) is 3.88. The van der Waals surface area contributed by atoms with Gasteiger partial charge < -0.3 is 4.42 Å². The second-order valence-corrected chi connectivity index (χ2v) is 7.78. The average Bonchev–Trinajstić information content (AvgIpc) is 3.21. The molecule has 0 spiro atoms. The lowest BCUT2D eigenvalue weighted by Crippen LogP contribution is -2.14. The zero-order chi connectivity index (χ0) is 20.3. The van der Waals surface area contributed by atoms with Gasteiger partial charge in [-0.1, -0.05) is 54.6 Å². The quantitative estimate of drug-likeness (QED) is 0.524. The first-order chi connectivity index (χ1) is 14.1. The second-order valence-electron chi connectivity index (χ2n) is 6.18. The lowest BCUT2D eigenvalue weighted by atomic mass is 10.2. The van der Waals surface area contributed by atoms with Crippen LogP contribution in [0.4, 0.5) is 5.69 Å². The standard InChI is InChI=1S/C22H15N3O3S/c23-15-16-8-7-13-19(14-16)25-29(26,27)22-20(17-9-3-1-4-10-17)28-21(24-22)18-11-5-2-6-12-18/h1-14,25H. The number of rotatable bonds is 5. The summed E-state index contributed by atoms with van der Waals surface area (Å²) in [5.41, 5.74) is 1.87. The number of benzene rings is 3. The van der Waals surface area contributed by atoms with Crippen LogP contribution in [0.3, 0.4) is 0 Å². The zero-order valence-electron chi connectivity index (χ0n) is 15.1. The number of sulfonamides is 1. The van der Waals surface area contributed by atoms with Crippen molar-refractivity contribution in [2.75, 3.05) is 4.72 Å². The summed E-state index contributed by atoms with van der Waals surface area (Å²) in [6.45, 7) is 0. The fourth-order valence-electron chi connectivity index (χ4n) is 2.82. The summed E-state index contributed by atoms with van der Waals surface area (Å²) in [5.74, 6) is 0.351. The largest absolute Gasteiger partial charge is 0.435 e.